The lowest BCUT2D eigenvalue weighted by molar-refractivity contribution is 0.102. The van der Waals surface area contributed by atoms with Crippen LogP contribution >= 0.6 is 11.6 Å². The third-order valence-electron chi connectivity index (χ3n) is 3.99. The number of nitrogens with one attached hydrogen (secondary N) is 1. The third kappa shape index (κ3) is 3.77. The SMILES string of the molecule is CS(=O)(=O)N1CCCc2cc(C(=O)Nc3cc(Cl)ccc3F)ccc21. The lowest BCUT2D eigenvalue weighted by Crippen LogP contribution is -2.34. The summed E-state index contributed by atoms with van der Waals surface area (Å²) >= 11 is 5.82. The van der Waals surface area contributed by atoms with E-state index in [4.69, 9.17) is 11.6 Å². The maximum Gasteiger partial charge on any atom is 0.255 e. The molecule has 3 rings (SSSR count). The molecule has 0 spiro atoms. The van der Waals surface area contributed by atoms with E-state index in [9.17, 15) is 17.6 Å². The molecule has 1 heterocycles. The first-order chi connectivity index (χ1) is 11.8. The number of anilines is 2. The number of sulfonamides is 1. The van der Waals surface area contributed by atoms with Crippen molar-refractivity contribution < 1.29 is 17.6 Å². The molecule has 0 aliphatic carbocycles. The summed E-state index contributed by atoms with van der Waals surface area (Å²) in [5.41, 5.74) is 1.68. The van der Waals surface area contributed by atoms with E-state index in [0.717, 1.165) is 11.8 Å². The number of halogens is 2. The van der Waals surface area contributed by atoms with Crippen LogP contribution in [0.25, 0.3) is 0 Å². The van der Waals surface area contributed by atoms with Gasteiger partial charge in [-0.3, -0.25) is 9.10 Å². The first kappa shape index (κ1) is 17.7. The van der Waals surface area contributed by atoms with Gasteiger partial charge in [0, 0.05) is 17.1 Å². The fourth-order valence-corrected chi connectivity index (χ4v) is 4.00. The van der Waals surface area contributed by atoms with Crippen LogP contribution in [0.4, 0.5) is 15.8 Å². The van der Waals surface area contributed by atoms with Gasteiger partial charge in [-0.05, 0) is 54.8 Å². The van der Waals surface area contributed by atoms with Crippen molar-refractivity contribution in [1.29, 1.82) is 0 Å². The van der Waals surface area contributed by atoms with E-state index in [1.165, 1.54) is 28.6 Å². The smallest absolute Gasteiger partial charge is 0.255 e. The van der Waals surface area contributed by atoms with Crippen molar-refractivity contribution in [3.05, 3.63) is 58.4 Å². The Hall–Kier alpha value is -2.12. The van der Waals surface area contributed by atoms with E-state index in [2.05, 4.69) is 5.32 Å². The monoisotopic (exact) mass is 382 g/mol. The van der Waals surface area contributed by atoms with Crippen LogP contribution in [0, 0.1) is 5.82 Å². The van der Waals surface area contributed by atoms with Crippen molar-refractivity contribution in [2.75, 3.05) is 22.4 Å². The zero-order valence-corrected chi connectivity index (χ0v) is 15.0. The number of carbonyl (C=O) groups excluding carboxylic acids is 1. The Balaban J connectivity index is 1.89. The van der Waals surface area contributed by atoms with Gasteiger partial charge in [0.25, 0.3) is 5.91 Å². The van der Waals surface area contributed by atoms with Crippen LogP contribution in [0.5, 0.6) is 0 Å². The zero-order valence-electron chi connectivity index (χ0n) is 13.4. The molecule has 0 atom stereocenters. The maximum absolute atomic E-state index is 13.8. The van der Waals surface area contributed by atoms with Crippen molar-refractivity contribution in [3.8, 4) is 0 Å². The van der Waals surface area contributed by atoms with E-state index in [1.54, 1.807) is 12.1 Å². The molecule has 2 aromatic rings. The third-order valence-corrected chi connectivity index (χ3v) is 5.41. The minimum Gasteiger partial charge on any atom is -0.319 e. The molecule has 0 unspecified atom stereocenters. The Labute approximate surface area is 150 Å². The van der Waals surface area contributed by atoms with Gasteiger partial charge < -0.3 is 5.32 Å². The molecular formula is C17H16ClFN2O3S. The summed E-state index contributed by atoms with van der Waals surface area (Å²) in [5.74, 6) is -1.07. The second-order valence-electron chi connectivity index (χ2n) is 5.86. The second kappa shape index (κ2) is 6.65. The summed E-state index contributed by atoms with van der Waals surface area (Å²) in [5, 5.41) is 2.80. The van der Waals surface area contributed by atoms with Crippen LogP contribution < -0.4 is 9.62 Å². The van der Waals surface area contributed by atoms with Crippen LogP contribution in [0.1, 0.15) is 22.3 Å². The van der Waals surface area contributed by atoms with Gasteiger partial charge in [-0.15, -0.1) is 0 Å². The Morgan fingerprint density at radius 1 is 1.24 bits per heavy atom. The lowest BCUT2D eigenvalue weighted by atomic mass is 10.0. The number of hydrogen-bond acceptors (Lipinski definition) is 3. The quantitative estimate of drug-likeness (QED) is 0.884. The number of rotatable bonds is 3. The molecule has 0 fully saturated rings. The standard InChI is InChI=1S/C17H16ClFN2O3S/c1-25(23,24)21-8-2-3-11-9-12(4-7-16(11)21)17(22)20-15-10-13(18)5-6-14(15)19/h4-7,9-10H,2-3,8H2,1H3,(H,20,22). The van der Waals surface area contributed by atoms with Crippen molar-refractivity contribution in [2.24, 2.45) is 0 Å². The molecule has 1 amide bonds. The molecule has 0 aromatic heterocycles. The van der Waals surface area contributed by atoms with Crippen molar-refractivity contribution in [1.82, 2.24) is 0 Å². The van der Waals surface area contributed by atoms with Crippen LogP contribution in [0.3, 0.4) is 0 Å². The molecule has 25 heavy (non-hydrogen) atoms. The Kier molecular flexibility index (Phi) is 4.71. The fraction of sp³-hybridized carbons (Fsp3) is 0.235. The molecule has 0 bridgehead atoms. The average Bonchev–Trinajstić information content (AvgIpc) is 2.56. The molecule has 2 aromatic carbocycles. The van der Waals surface area contributed by atoms with E-state index in [-0.39, 0.29) is 5.69 Å². The number of fused-ring (bicyclic) bond motifs is 1. The summed E-state index contributed by atoms with van der Waals surface area (Å²) in [6.07, 6.45) is 2.51. The van der Waals surface area contributed by atoms with E-state index in [0.29, 0.717) is 35.7 Å². The van der Waals surface area contributed by atoms with E-state index in [1.807, 2.05) is 0 Å². The predicted octanol–water partition coefficient (Wildman–Crippen LogP) is 3.44. The van der Waals surface area contributed by atoms with Crippen molar-refractivity contribution in [3.63, 3.8) is 0 Å². The number of amides is 1. The minimum atomic E-state index is -3.36. The fourth-order valence-electron chi connectivity index (χ4n) is 2.84. The first-order valence-corrected chi connectivity index (χ1v) is 9.85. The Morgan fingerprint density at radius 2 is 2.00 bits per heavy atom. The molecule has 1 N–H and O–H groups in total. The highest BCUT2D eigenvalue weighted by molar-refractivity contribution is 7.92. The minimum absolute atomic E-state index is 0.00650. The van der Waals surface area contributed by atoms with Gasteiger partial charge in [0.2, 0.25) is 10.0 Å². The number of benzene rings is 2. The first-order valence-electron chi connectivity index (χ1n) is 7.63. The van der Waals surface area contributed by atoms with Crippen LogP contribution in [0.2, 0.25) is 5.02 Å². The van der Waals surface area contributed by atoms with Gasteiger partial charge in [0.05, 0.1) is 17.6 Å². The molecule has 8 heteroatoms. The molecule has 0 saturated carbocycles. The van der Waals surface area contributed by atoms with Crippen LogP contribution in [0.15, 0.2) is 36.4 Å². The maximum atomic E-state index is 13.8. The molecule has 1 aliphatic rings. The molecule has 0 radical (unpaired) electrons. The predicted molar refractivity (Wildman–Crippen MR) is 96.3 cm³/mol. The normalized spacial score (nSPS) is 14.1. The highest BCUT2D eigenvalue weighted by atomic mass is 35.5. The Morgan fingerprint density at radius 3 is 2.72 bits per heavy atom. The van der Waals surface area contributed by atoms with Gasteiger partial charge in [0.1, 0.15) is 5.82 Å². The van der Waals surface area contributed by atoms with Crippen molar-refractivity contribution in [2.45, 2.75) is 12.8 Å². The summed E-state index contributed by atoms with van der Waals surface area (Å²) in [6.45, 7) is 0.422. The number of nitrogens with zero attached hydrogens (tertiary/aromatic N) is 1. The average molecular weight is 383 g/mol. The summed E-state index contributed by atoms with van der Waals surface area (Å²) in [4.78, 5) is 12.4. The molecule has 132 valence electrons. The van der Waals surface area contributed by atoms with Crippen molar-refractivity contribution >= 4 is 38.9 Å². The van der Waals surface area contributed by atoms with Gasteiger partial charge in [0.15, 0.2) is 0 Å². The lowest BCUT2D eigenvalue weighted by Gasteiger charge is -2.29. The van der Waals surface area contributed by atoms with E-state index < -0.39 is 21.7 Å². The van der Waals surface area contributed by atoms with Gasteiger partial charge in [-0.25, -0.2) is 12.8 Å². The zero-order chi connectivity index (χ0) is 18.2. The molecule has 5 nitrogen and oxygen atoms in total. The number of aryl methyl sites for hydroxylation is 1. The molecule has 0 saturated heterocycles. The van der Waals surface area contributed by atoms with E-state index >= 15 is 0 Å². The molecular weight excluding hydrogens is 367 g/mol. The Bertz CT molecular complexity index is 947. The van der Waals surface area contributed by atoms with Crippen LogP contribution in [-0.4, -0.2) is 27.1 Å². The second-order valence-corrected chi connectivity index (χ2v) is 8.20. The highest BCUT2D eigenvalue weighted by Crippen LogP contribution is 2.30. The highest BCUT2D eigenvalue weighted by Gasteiger charge is 2.24. The van der Waals surface area contributed by atoms with Gasteiger partial charge >= 0.3 is 0 Å². The summed E-state index contributed by atoms with van der Waals surface area (Å²) < 4.78 is 38.8. The topological polar surface area (TPSA) is 66.5 Å². The van der Waals surface area contributed by atoms with Crippen LogP contribution in [-0.2, 0) is 16.4 Å². The summed E-state index contributed by atoms with van der Waals surface area (Å²) in [7, 11) is -3.36. The number of hydrogen-bond donors (Lipinski definition) is 1. The molecule has 1 aliphatic heterocycles. The van der Waals surface area contributed by atoms with Gasteiger partial charge in [-0.1, -0.05) is 11.6 Å². The summed E-state index contributed by atoms with van der Waals surface area (Å²) in [6, 6.07) is 8.68. The number of carbonyl (C=O) groups is 1. The largest absolute Gasteiger partial charge is 0.319 e. The van der Waals surface area contributed by atoms with Gasteiger partial charge in [-0.2, -0.15) is 0 Å².